The monoisotopic (exact) mass is 399 g/mol. The summed E-state index contributed by atoms with van der Waals surface area (Å²) in [5.74, 6) is 0.264. The van der Waals surface area contributed by atoms with Gasteiger partial charge in [0.25, 0.3) is 5.91 Å². The Bertz CT molecular complexity index is 673. The fourth-order valence-corrected chi connectivity index (χ4v) is 3.62. The third kappa shape index (κ3) is 3.53. The molecule has 0 radical (unpaired) electrons. The van der Waals surface area contributed by atoms with Gasteiger partial charge >= 0.3 is 0 Å². The number of amides is 1. The molecular weight excluding hydrogens is 386 g/mol. The van der Waals surface area contributed by atoms with Crippen LogP contribution in [0.2, 0.25) is 0 Å². The molecule has 0 spiro atoms. The molecule has 1 aromatic rings. The number of thioether (sulfide) groups is 1. The molecule has 4 nitrogen and oxygen atoms in total. The number of aromatic hydroxyl groups is 1. The summed E-state index contributed by atoms with van der Waals surface area (Å²) in [4.78, 5) is 14.3. The highest BCUT2D eigenvalue weighted by atomic mass is 79.9. The van der Waals surface area contributed by atoms with Crippen molar-refractivity contribution < 1.29 is 14.6 Å². The number of hydrogen-bond donors (Lipinski definition) is 1. The number of thiocarbonyl (C=S) groups is 1. The summed E-state index contributed by atoms with van der Waals surface area (Å²) >= 11 is 9.72. The summed E-state index contributed by atoms with van der Waals surface area (Å²) in [7, 11) is 0. The maximum atomic E-state index is 12.3. The number of ether oxygens (including phenoxy) is 1. The average Bonchev–Trinajstić information content (AvgIpc) is 2.72. The van der Waals surface area contributed by atoms with Crippen LogP contribution in [0.1, 0.15) is 12.5 Å². The van der Waals surface area contributed by atoms with E-state index in [0.717, 1.165) is 5.56 Å². The van der Waals surface area contributed by atoms with Crippen molar-refractivity contribution in [3.63, 3.8) is 0 Å². The van der Waals surface area contributed by atoms with E-state index in [4.69, 9.17) is 17.0 Å². The Morgan fingerprint density at radius 3 is 2.91 bits per heavy atom. The van der Waals surface area contributed by atoms with Crippen molar-refractivity contribution in [2.24, 2.45) is 0 Å². The molecule has 0 unspecified atom stereocenters. The highest BCUT2D eigenvalue weighted by Crippen LogP contribution is 2.38. The minimum Gasteiger partial charge on any atom is -0.503 e. The van der Waals surface area contributed by atoms with Crippen LogP contribution in [0.3, 0.4) is 0 Å². The summed E-state index contributed by atoms with van der Waals surface area (Å²) in [6.45, 7) is 6.29. The summed E-state index contributed by atoms with van der Waals surface area (Å²) in [5.41, 5.74) is 0.743. The first kappa shape index (κ1) is 17.1. The molecule has 1 aromatic carbocycles. The van der Waals surface area contributed by atoms with Crippen LogP contribution in [0.15, 0.2) is 34.2 Å². The molecule has 1 amide bonds. The molecule has 1 aliphatic heterocycles. The number of nitrogens with zero attached hydrogens (tertiary/aromatic N) is 1. The van der Waals surface area contributed by atoms with Crippen molar-refractivity contribution in [1.29, 1.82) is 0 Å². The van der Waals surface area contributed by atoms with Crippen molar-refractivity contribution in [3.8, 4) is 11.5 Å². The van der Waals surface area contributed by atoms with E-state index in [1.165, 1.54) is 16.7 Å². The van der Waals surface area contributed by atoms with Crippen LogP contribution >= 0.6 is 39.9 Å². The number of carbonyl (C=O) groups excluding carboxylic acids is 1. The Labute approximate surface area is 147 Å². The first-order chi connectivity index (χ1) is 10.5. The maximum Gasteiger partial charge on any atom is 0.266 e. The van der Waals surface area contributed by atoms with Gasteiger partial charge in [0, 0.05) is 6.54 Å². The number of halogens is 1. The van der Waals surface area contributed by atoms with E-state index in [2.05, 4.69) is 22.5 Å². The SMILES string of the molecule is C=CCN1C(=O)/C(=C\c2cc(Br)c(O)c(OCC)c2)SC1=S. The zero-order chi connectivity index (χ0) is 16.3. The normalized spacial score (nSPS) is 16.5. The van der Waals surface area contributed by atoms with E-state index in [1.807, 2.05) is 6.92 Å². The van der Waals surface area contributed by atoms with E-state index >= 15 is 0 Å². The second-order valence-corrected chi connectivity index (χ2v) is 6.89. The van der Waals surface area contributed by atoms with Crippen LogP contribution in [-0.2, 0) is 4.79 Å². The van der Waals surface area contributed by atoms with Crippen molar-refractivity contribution in [1.82, 2.24) is 4.90 Å². The minimum atomic E-state index is -0.142. The van der Waals surface area contributed by atoms with Gasteiger partial charge in [0.15, 0.2) is 11.5 Å². The molecular formula is C15H14BrNO3S2. The van der Waals surface area contributed by atoms with Gasteiger partial charge < -0.3 is 9.84 Å². The first-order valence-corrected chi connectivity index (χ1v) is 8.51. The molecule has 7 heteroatoms. The zero-order valence-corrected chi connectivity index (χ0v) is 15.1. The number of phenolic OH excluding ortho intramolecular Hbond substituents is 1. The standard InChI is InChI=1S/C15H14BrNO3S2/c1-3-5-17-14(19)12(22-15(17)21)8-9-6-10(16)13(18)11(7-9)20-4-2/h3,6-8,18H,1,4-5H2,2H3/b12-8+. The van der Waals surface area contributed by atoms with E-state index in [0.29, 0.717) is 32.6 Å². The quantitative estimate of drug-likeness (QED) is 0.461. The van der Waals surface area contributed by atoms with E-state index in [9.17, 15) is 9.90 Å². The number of phenols is 1. The van der Waals surface area contributed by atoms with E-state index in [-0.39, 0.29) is 11.7 Å². The molecule has 1 saturated heterocycles. The fourth-order valence-electron chi connectivity index (χ4n) is 1.88. The van der Waals surface area contributed by atoms with Gasteiger partial charge in [-0.1, -0.05) is 30.1 Å². The van der Waals surface area contributed by atoms with Crippen LogP contribution in [0.4, 0.5) is 0 Å². The van der Waals surface area contributed by atoms with Gasteiger partial charge in [-0.2, -0.15) is 0 Å². The summed E-state index contributed by atoms with van der Waals surface area (Å²) in [6.07, 6.45) is 3.37. The topological polar surface area (TPSA) is 49.8 Å². The van der Waals surface area contributed by atoms with Crippen LogP contribution in [0.25, 0.3) is 6.08 Å². The van der Waals surface area contributed by atoms with Crippen molar-refractivity contribution in [2.75, 3.05) is 13.2 Å². The molecule has 116 valence electrons. The molecule has 0 aromatic heterocycles. The lowest BCUT2D eigenvalue weighted by Gasteiger charge is -2.10. The van der Waals surface area contributed by atoms with E-state index < -0.39 is 0 Å². The number of carbonyl (C=O) groups is 1. The van der Waals surface area contributed by atoms with Gasteiger partial charge in [-0.15, -0.1) is 6.58 Å². The smallest absolute Gasteiger partial charge is 0.266 e. The van der Waals surface area contributed by atoms with Gasteiger partial charge in [-0.3, -0.25) is 9.69 Å². The number of benzene rings is 1. The van der Waals surface area contributed by atoms with Crippen LogP contribution in [0, 0.1) is 0 Å². The second kappa shape index (κ2) is 7.30. The molecule has 1 N–H and O–H groups in total. The molecule has 0 atom stereocenters. The Morgan fingerprint density at radius 1 is 1.55 bits per heavy atom. The zero-order valence-electron chi connectivity index (χ0n) is 11.8. The molecule has 0 bridgehead atoms. The average molecular weight is 400 g/mol. The molecule has 1 fully saturated rings. The third-order valence-corrected chi connectivity index (χ3v) is 4.82. The van der Waals surface area contributed by atoms with Gasteiger partial charge in [0.2, 0.25) is 0 Å². The lowest BCUT2D eigenvalue weighted by atomic mass is 10.2. The number of hydrogen-bond acceptors (Lipinski definition) is 5. The van der Waals surface area contributed by atoms with Crippen LogP contribution in [-0.4, -0.2) is 33.4 Å². The summed E-state index contributed by atoms with van der Waals surface area (Å²) in [6, 6.07) is 3.40. The first-order valence-electron chi connectivity index (χ1n) is 6.49. The second-order valence-electron chi connectivity index (χ2n) is 4.36. The summed E-state index contributed by atoms with van der Waals surface area (Å²) < 4.78 is 6.40. The molecule has 0 aliphatic carbocycles. The van der Waals surface area contributed by atoms with Gasteiger partial charge in [0.1, 0.15) is 4.32 Å². The third-order valence-electron chi connectivity index (χ3n) is 2.83. The van der Waals surface area contributed by atoms with Crippen molar-refractivity contribution in [3.05, 3.63) is 39.7 Å². The molecule has 1 aliphatic rings. The minimum absolute atomic E-state index is 0.0400. The summed E-state index contributed by atoms with van der Waals surface area (Å²) in [5, 5.41) is 9.92. The Balaban J connectivity index is 2.35. The highest BCUT2D eigenvalue weighted by Gasteiger charge is 2.31. The molecule has 1 heterocycles. The Kier molecular flexibility index (Phi) is 5.66. The predicted molar refractivity (Wildman–Crippen MR) is 97.1 cm³/mol. The lowest BCUT2D eigenvalue weighted by Crippen LogP contribution is -2.27. The van der Waals surface area contributed by atoms with Crippen LogP contribution in [0.5, 0.6) is 11.5 Å². The fraction of sp³-hybridized carbons (Fsp3) is 0.200. The van der Waals surface area contributed by atoms with Gasteiger partial charge in [-0.05, 0) is 46.6 Å². The maximum absolute atomic E-state index is 12.3. The van der Waals surface area contributed by atoms with Crippen molar-refractivity contribution in [2.45, 2.75) is 6.92 Å². The Hall–Kier alpha value is -1.31. The van der Waals surface area contributed by atoms with Crippen molar-refractivity contribution >= 4 is 56.2 Å². The lowest BCUT2D eigenvalue weighted by molar-refractivity contribution is -0.121. The van der Waals surface area contributed by atoms with E-state index in [1.54, 1.807) is 24.3 Å². The van der Waals surface area contributed by atoms with Gasteiger partial charge in [0.05, 0.1) is 16.0 Å². The Morgan fingerprint density at radius 2 is 2.27 bits per heavy atom. The van der Waals surface area contributed by atoms with Gasteiger partial charge in [-0.25, -0.2) is 0 Å². The predicted octanol–water partition coefficient (Wildman–Crippen LogP) is 3.94. The molecule has 22 heavy (non-hydrogen) atoms. The van der Waals surface area contributed by atoms with Crippen LogP contribution < -0.4 is 4.74 Å². The largest absolute Gasteiger partial charge is 0.503 e. The number of rotatable bonds is 5. The molecule has 2 rings (SSSR count). The molecule has 0 saturated carbocycles. The highest BCUT2D eigenvalue weighted by molar-refractivity contribution is 9.10.